The van der Waals surface area contributed by atoms with E-state index in [2.05, 4.69) is 15.6 Å². The number of amides is 2. The first-order valence-corrected chi connectivity index (χ1v) is 6.83. The summed E-state index contributed by atoms with van der Waals surface area (Å²) < 4.78 is 4.89. The van der Waals surface area contributed by atoms with E-state index in [1.807, 2.05) is 12.1 Å². The van der Waals surface area contributed by atoms with Crippen molar-refractivity contribution in [3.63, 3.8) is 0 Å². The molecule has 6 heteroatoms. The molecule has 0 bridgehead atoms. The van der Waals surface area contributed by atoms with Gasteiger partial charge in [0.05, 0.1) is 6.61 Å². The summed E-state index contributed by atoms with van der Waals surface area (Å²) >= 11 is 0. The minimum Gasteiger partial charge on any atom is -0.383 e. The zero-order valence-corrected chi connectivity index (χ0v) is 12.2. The lowest BCUT2D eigenvalue weighted by molar-refractivity contribution is -0.115. The molecular formula is C15H19N3O3. The first kappa shape index (κ1) is 15.1. The van der Waals surface area contributed by atoms with Crippen LogP contribution in [0.3, 0.4) is 0 Å². The maximum absolute atomic E-state index is 11.9. The Kier molecular flexibility index (Phi) is 4.94. The molecule has 1 aromatic carbocycles. The summed E-state index contributed by atoms with van der Waals surface area (Å²) in [5, 5.41) is 6.42. The van der Waals surface area contributed by atoms with E-state index in [1.54, 1.807) is 26.2 Å². The summed E-state index contributed by atoms with van der Waals surface area (Å²) in [7, 11) is 1.58. The maximum Gasteiger partial charge on any atom is 0.267 e. The van der Waals surface area contributed by atoms with Gasteiger partial charge in [0.2, 0.25) is 5.91 Å². The van der Waals surface area contributed by atoms with Gasteiger partial charge < -0.3 is 20.4 Å². The minimum absolute atomic E-state index is 0.0394. The fourth-order valence-electron chi connectivity index (χ4n) is 1.94. The number of H-pyrrole nitrogens is 1. The van der Waals surface area contributed by atoms with Crippen LogP contribution in [-0.4, -0.2) is 37.1 Å². The molecule has 0 saturated heterocycles. The topological polar surface area (TPSA) is 83.2 Å². The molecule has 1 aromatic heterocycles. The zero-order chi connectivity index (χ0) is 15.2. The van der Waals surface area contributed by atoms with Crippen LogP contribution in [0.2, 0.25) is 0 Å². The third-order valence-corrected chi connectivity index (χ3v) is 3.06. The molecule has 0 aliphatic rings. The Bertz CT molecular complexity index is 649. The van der Waals surface area contributed by atoms with Crippen LogP contribution in [0.15, 0.2) is 24.3 Å². The Morgan fingerprint density at radius 3 is 2.81 bits per heavy atom. The largest absolute Gasteiger partial charge is 0.383 e. The van der Waals surface area contributed by atoms with Gasteiger partial charge in [0.25, 0.3) is 5.91 Å². The lowest BCUT2D eigenvalue weighted by Gasteiger charge is -2.02. The zero-order valence-electron chi connectivity index (χ0n) is 12.2. The SMILES string of the molecule is CCC(=O)Nc1ccc2[nH]c(C(=O)NCCOC)cc2c1. The third-order valence-electron chi connectivity index (χ3n) is 3.06. The Balaban J connectivity index is 2.13. The van der Waals surface area contributed by atoms with Crippen LogP contribution in [0.1, 0.15) is 23.8 Å². The molecule has 2 aromatic rings. The van der Waals surface area contributed by atoms with E-state index in [-0.39, 0.29) is 11.8 Å². The molecule has 112 valence electrons. The molecule has 1 heterocycles. The molecule has 0 fully saturated rings. The van der Waals surface area contributed by atoms with Crippen molar-refractivity contribution in [1.29, 1.82) is 0 Å². The number of rotatable bonds is 6. The number of anilines is 1. The molecule has 0 aliphatic carbocycles. The average Bonchev–Trinajstić information content (AvgIpc) is 2.90. The second kappa shape index (κ2) is 6.90. The van der Waals surface area contributed by atoms with Crippen molar-refractivity contribution < 1.29 is 14.3 Å². The Labute approximate surface area is 122 Å². The van der Waals surface area contributed by atoms with Gasteiger partial charge >= 0.3 is 0 Å². The van der Waals surface area contributed by atoms with Gasteiger partial charge in [-0.2, -0.15) is 0 Å². The van der Waals surface area contributed by atoms with Crippen molar-refractivity contribution in [2.45, 2.75) is 13.3 Å². The van der Waals surface area contributed by atoms with Gasteiger partial charge in [0.1, 0.15) is 5.69 Å². The number of carbonyl (C=O) groups is 2. The van der Waals surface area contributed by atoms with E-state index < -0.39 is 0 Å². The van der Waals surface area contributed by atoms with Crippen LogP contribution in [0.25, 0.3) is 10.9 Å². The highest BCUT2D eigenvalue weighted by Crippen LogP contribution is 2.20. The van der Waals surface area contributed by atoms with Crippen molar-refractivity contribution in [2.75, 3.05) is 25.6 Å². The van der Waals surface area contributed by atoms with E-state index in [9.17, 15) is 9.59 Å². The number of methoxy groups -OCH3 is 1. The first-order chi connectivity index (χ1) is 10.1. The van der Waals surface area contributed by atoms with Gasteiger partial charge in [-0.15, -0.1) is 0 Å². The minimum atomic E-state index is -0.178. The maximum atomic E-state index is 11.9. The first-order valence-electron chi connectivity index (χ1n) is 6.83. The standard InChI is InChI=1S/C15H19N3O3/c1-3-14(19)17-11-4-5-12-10(8-11)9-13(18-12)15(20)16-6-7-21-2/h4-5,8-9,18H,3,6-7H2,1-2H3,(H,16,20)(H,17,19). The van der Waals surface area contributed by atoms with Crippen LogP contribution in [-0.2, 0) is 9.53 Å². The molecule has 3 N–H and O–H groups in total. The van der Waals surface area contributed by atoms with Crippen molar-refractivity contribution >= 4 is 28.4 Å². The fraction of sp³-hybridized carbons (Fsp3) is 0.333. The third kappa shape index (κ3) is 3.82. The molecule has 21 heavy (non-hydrogen) atoms. The van der Waals surface area contributed by atoms with E-state index in [0.29, 0.717) is 25.3 Å². The average molecular weight is 289 g/mol. The lowest BCUT2D eigenvalue weighted by Crippen LogP contribution is -2.27. The Hall–Kier alpha value is -2.34. The highest BCUT2D eigenvalue weighted by Gasteiger charge is 2.09. The van der Waals surface area contributed by atoms with Gasteiger partial charge in [-0.05, 0) is 24.3 Å². The molecule has 2 amide bonds. The second-order valence-electron chi connectivity index (χ2n) is 4.64. The number of fused-ring (bicyclic) bond motifs is 1. The second-order valence-corrected chi connectivity index (χ2v) is 4.64. The van der Waals surface area contributed by atoms with E-state index in [1.165, 1.54) is 0 Å². The van der Waals surface area contributed by atoms with E-state index in [4.69, 9.17) is 4.74 Å². The van der Waals surface area contributed by atoms with Crippen LogP contribution < -0.4 is 10.6 Å². The van der Waals surface area contributed by atoms with Crippen molar-refractivity contribution in [1.82, 2.24) is 10.3 Å². The molecule has 0 radical (unpaired) electrons. The summed E-state index contributed by atoms with van der Waals surface area (Å²) in [6.07, 6.45) is 0.429. The molecule has 2 rings (SSSR count). The highest BCUT2D eigenvalue weighted by atomic mass is 16.5. The molecule has 6 nitrogen and oxygen atoms in total. The van der Waals surface area contributed by atoms with Crippen LogP contribution in [0, 0.1) is 0 Å². The van der Waals surface area contributed by atoms with Crippen molar-refractivity contribution in [3.05, 3.63) is 30.0 Å². The summed E-state index contributed by atoms with van der Waals surface area (Å²) in [6.45, 7) is 2.73. The summed E-state index contributed by atoms with van der Waals surface area (Å²) in [4.78, 5) is 26.4. The number of nitrogens with one attached hydrogen (secondary N) is 3. The number of hydrogen-bond donors (Lipinski definition) is 3. The van der Waals surface area contributed by atoms with E-state index >= 15 is 0 Å². The van der Waals surface area contributed by atoms with Crippen molar-refractivity contribution in [3.8, 4) is 0 Å². The summed E-state index contributed by atoms with van der Waals surface area (Å²) in [5.74, 6) is -0.218. The summed E-state index contributed by atoms with van der Waals surface area (Å²) in [5.41, 5.74) is 2.06. The molecule has 0 atom stereocenters. The molecule has 0 unspecified atom stereocenters. The Morgan fingerprint density at radius 1 is 1.29 bits per heavy atom. The molecule has 0 aliphatic heterocycles. The van der Waals surface area contributed by atoms with Crippen molar-refractivity contribution in [2.24, 2.45) is 0 Å². The van der Waals surface area contributed by atoms with Gasteiger partial charge in [0.15, 0.2) is 0 Å². The van der Waals surface area contributed by atoms with Gasteiger partial charge in [-0.3, -0.25) is 9.59 Å². The van der Waals surface area contributed by atoms with Gasteiger partial charge in [-0.25, -0.2) is 0 Å². The number of aromatic amines is 1. The Morgan fingerprint density at radius 2 is 2.10 bits per heavy atom. The molecule has 0 spiro atoms. The van der Waals surface area contributed by atoms with Crippen LogP contribution >= 0.6 is 0 Å². The quantitative estimate of drug-likeness (QED) is 0.710. The predicted molar refractivity (Wildman–Crippen MR) is 81.4 cm³/mol. The molecule has 0 saturated carbocycles. The number of carbonyl (C=O) groups excluding carboxylic acids is 2. The van der Waals surface area contributed by atoms with Crippen LogP contribution in [0.4, 0.5) is 5.69 Å². The fourth-order valence-corrected chi connectivity index (χ4v) is 1.94. The number of hydrogen-bond acceptors (Lipinski definition) is 3. The van der Waals surface area contributed by atoms with E-state index in [0.717, 1.165) is 16.6 Å². The summed E-state index contributed by atoms with van der Waals surface area (Å²) in [6, 6.07) is 7.25. The highest BCUT2D eigenvalue weighted by molar-refractivity contribution is 5.99. The number of aromatic nitrogens is 1. The predicted octanol–water partition coefficient (Wildman–Crippen LogP) is 1.89. The molecular weight excluding hydrogens is 270 g/mol. The smallest absolute Gasteiger partial charge is 0.267 e. The van der Waals surface area contributed by atoms with Gasteiger partial charge in [-0.1, -0.05) is 6.92 Å². The normalized spacial score (nSPS) is 10.6. The number of ether oxygens (including phenoxy) is 1. The lowest BCUT2D eigenvalue weighted by atomic mass is 10.2. The van der Waals surface area contributed by atoms with Gasteiger partial charge in [0, 0.05) is 36.7 Å². The van der Waals surface area contributed by atoms with Crippen LogP contribution in [0.5, 0.6) is 0 Å². The number of benzene rings is 1. The monoisotopic (exact) mass is 289 g/mol.